The van der Waals surface area contributed by atoms with Gasteiger partial charge in [0.2, 0.25) is 5.91 Å². The normalized spacial score (nSPS) is 10.6. The predicted molar refractivity (Wildman–Crippen MR) is 124 cm³/mol. The zero-order valence-electron chi connectivity index (χ0n) is 16.6. The van der Waals surface area contributed by atoms with Gasteiger partial charge >= 0.3 is 0 Å². The number of amides is 2. The lowest BCUT2D eigenvalue weighted by Gasteiger charge is -2.09. The van der Waals surface area contributed by atoms with Crippen LogP contribution in [0.25, 0.3) is 0 Å². The minimum Gasteiger partial charge on any atom is -0.345 e. The van der Waals surface area contributed by atoms with E-state index in [1.165, 1.54) is 18.2 Å². The molecule has 2 aromatic carbocycles. The molecular weight excluding hydrogens is 476 g/mol. The summed E-state index contributed by atoms with van der Waals surface area (Å²) >= 11 is 13.0. The molecule has 1 aromatic heterocycles. The summed E-state index contributed by atoms with van der Waals surface area (Å²) < 4.78 is 15.4. The fourth-order valence-corrected chi connectivity index (χ4v) is 3.71. The number of halogens is 3. The van der Waals surface area contributed by atoms with Crippen molar-refractivity contribution in [2.75, 3.05) is 11.1 Å². The van der Waals surface area contributed by atoms with Gasteiger partial charge in [0.15, 0.2) is 11.0 Å². The number of anilines is 1. The van der Waals surface area contributed by atoms with E-state index in [1.807, 2.05) is 0 Å². The number of thioether (sulfide) groups is 1. The van der Waals surface area contributed by atoms with Crippen molar-refractivity contribution in [3.8, 4) is 0 Å². The molecule has 0 fully saturated rings. The van der Waals surface area contributed by atoms with E-state index in [2.05, 4.69) is 27.4 Å². The maximum absolute atomic E-state index is 13.7. The van der Waals surface area contributed by atoms with Crippen molar-refractivity contribution >= 4 is 52.5 Å². The van der Waals surface area contributed by atoms with Gasteiger partial charge in [-0.25, -0.2) is 4.39 Å². The van der Waals surface area contributed by atoms with Crippen molar-refractivity contribution in [1.82, 2.24) is 20.1 Å². The van der Waals surface area contributed by atoms with Gasteiger partial charge in [-0.3, -0.25) is 9.59 Å². The Hall–Kier alpha value is -2.88. The first kappa shape index (κ1) is 23.8. The first-order valence-corrected chi connectivity index (χ1v) is 11.1. The highest BCUT2D eigenvalue weighted by molar-refractivity contribution is 7.99. The van der Waals surface area contributed by atoms with E-state index in [1.54, 1.807) is 34.9 Å². The molecular formula is C21H18Cl2FN5O2S. The molecule has 0 spiro atoms. The van der Waals surface area contributed by atoms with E-state index >= 15 is 0 Å². The van der Waals surface area contributed by atoms with E-state index in [-0.39, 0.29) is 34.8 Å². The molecule has 0 aliphatic heterocycles. The van der Waals surface area contributed by atoms with Crippen molar-refractivity contribution in [3.63, 3.8) is 0 Å². The molecule has 0 radical (unpaired) electrons. The average molecular weight is 494 g/mol. The van der Waals surface area contributed by atoms with Crippen LogP contribution in [0.4, 0.5) is 10.1 Å². The zero-order chi connectivity index (χ0) is 23.1. The van der Waals surface area contributed by atoms with Gasteiger partial charge in [-0.15, -0.1) is 16.8 Å². The molecule has 3 rings (SSSR count). The number of benzene rings is 2. The van der Waals surface area contributed by atoms with Gasteiger partial charge in [-0.05, 0) is 30.3 Å². The molecule has 0 aliphatic rings. The topological polar surface area (TPSA) is 88.9 Å². The standard InChI is InChI=1S/C21H18Cl2FN5O2S/c1-2-9-29-18(11-25-20(31)13-7-8-14(22)15(23)10-13)27-28-21(29)32-12-19(30)26-17-6-4-3-5-16(17)24/h2-8,10H,1,9,11-12H2,(H,25,31)(H,26,30). The van der Waals surface area contributed by atoms with Crippen LogP contribution in [-0.4, -0.2) is 32.3 Å². The minimum atomic E-state index is -0.513. The molecule has 1 heterocycles. The van der Waals surface area contributed by atoms with Crippen molar-refractivity contribution in [1.29, 1.82) is 0 Å². The summed E-state index contributed by atoms with van der Waals surface area (Å²) in [6.45, 7) is 4.19. The van der Waals surface area contributed by atoms with Crippen molar-refractivity contribution in [3.05, 3.63) is 82.4 Å². The van der Waals surface area contributed by atoms with Crippen molar-refractivity contribution < 1.29 is 14.0 Å². The number of carbonyl (C=O) groups is 2. The second-order valence-corrected chi connectivity index (χ2v) is 8.18. The van der Waals surface area contributed by atoms with Gasteiger partial charge in [0.1, 0.15) is 5.82 Å². The van der Waals surface area contributed by atoms with Gasteiger partial charge in [0.25, 0.3) is 5.91 Å². The Labute approximate surface area is 198 Å². The van der Waals surface area contributed by atoms with Crippen LogP contribution in [0, 0.1) is 5.82 Å². The van der Waals surface area contributed by atoms with Crippen LogP contribution in [0.2, 0.25) is 10.0 Å². The van der Waals surface area contributed by atoms with Crippen LogP contribution < -0.4 is 10.6 Å². The Balaban J connectivity index is 1.62. The van der Waals surface area contributed by atoms with Crippen molar-refractivity contribution in [2.24, 2.45) is 0 Å². The van der Waals surface area contributed by atoms with E-state index in [0.29, 0.717) is 28.1 Å². The predicted octanol–water partition coefficient (Wildman–Crippen LogP) is 4.57. The lowest BCUT2D eigenvalue weighted by molar-refractivity contribution is -0.113. The summed E-state index contributed by atoms with van der Waals surface area (Å²) in [5, 5.41) is 14.6. The molecule has 32 heavy (non-hydrogen) atoms. The number of allylic oxidation sites excluding steroid dienone is 1. The molecule has 0 saturated carbocycles. The van der Waals surface area contributed by atoms with E-state index in [4.69, 9.17) is 23.2 Å². The summed E-state index contributed by atoms with van der Waals surface area (Å²) in [6, 6.07) is 10.5. The van der Waals surface area contributed by atoms with Gasteiger partial charge in [-0.1, -0.05) is 53.2 Å². The number of nitrogens with zero attached hydrogens (tertiary/aromatic N) is 3. The maximum Gasteiger partial charge on any atom is 0.251 e. The molecule has 0 bridgehead atoms. The molecule has 0 saturated heterocycles. The number of rotatable bonds is 9. The number of nitrogens with one attached hydrogen (secondary N) is 2. The molecule has 2 amide bonds. The molecule has 2 N–H and O–H groups in total. The van der Waals surface area contributed by atoms with E-state index in [0.717, 1.165) is 11.8 Å². The minimum absolute atomic E-state index is 0.000751. The molecule has 0 unspecified atom stereocenters. The van der Waals surface area contributed by atoms with Gasteiger partial charge in [0, 0.05) is 12.1 Å². The Kier molecular flexibility index (Phi) is 8.26. The third kappa shape index (κ3) is 6.09. The van der Waals surface area contributed by atoms with Crippen LogP contribution in [-0.2, 0) is 17.9 Å². The highest BCUT2D eigenvalue weighted by Gasteiger charge is 2.16. The Morgan fingerprint density at radius 3 is 2.66 bits per heavy atom. The monoisotopic (exact) mass is 493 g/mol. The second-order valence-electron chi connectivity index (χ2n) is 6.43. The fraction of sp³-hybridized carbons (Fsp3) is 0.143. The van der Waals surface area contributed by atoms with E-state index in [9.17, 15) is 14.0 Å². The Bertz CT molecular complexity index is 1150. The smallest absolute Gasteiger partial charge is 0.251 e. The number of hydrogen-bond acceptors (Lipinski definition) is 5. The largest absolute Gasteiger partial charge is 0.345 e. The lowest BCUT2D eigenvalue weighted by Crippen LogP contribution is -2.25. The summed E-state index contributed by atoms with van der Waals surface area (Å²) in [4.78, 5) is 24.6. The summed E-state index contributed by atoms with van der Waals surface area (Å²) in [7, 11) is 0. The molecule has 0 atom stereocenters. The van der Waals surface area contributed by atoms with Gasteiger partial charge in [-0.2, -0.15) is 0 Å². The number of hydrogen-bond donors (Lipinski definition) is 2. The summed E-state index contributed by atoms with van der Waals surface area (Å²) in [5.41, 5.74) is 0.463. The lowest BCUT2D eigenvalue weighted by atomic mass is 10.2. The zero-order valence-corrected chi connectivity index (χ0v) is 19.0. The highest BCUT2D eigenvalue weighted by atomic mass is 35.5. The summed E-state index contributed by atoms with van der Waals surface area (Å²) in [6.07, 6.45) is 1.65. The van der Waals surface area contributed by atoms with Gasteiger partial charge in [0.05, 0.1) is 28.0 Å². The molecule has 0 aliphatic carbocycles. The number of carbonyl (C=O) groups excluding carboxylic acids is 2. The summed E-state index contributed by atoms with van der Waals surface area (Å²) in [5.74, 6) is -0.770. The SMILES string of the molecule is C=CCn1c(CNC(=O)c2ccc(Cl)c(Cl)c2)nnc1SCC(=O)Nc1ccccc1F. The van der Waals surface area contributed by atoms with Crippen LogP contribution >= 0.6 is 35.0 Å². The first-order valence-electron chi connectivity index (χ1n) is 9.32. The quantitative estimate of drug-likeness (QED) is 0.336. The molecule has 166 valence electrons. The first-order chi connectivity index (χ1) is 15.4. The van der Waals surface area contributed by atoms with E-state index < -0.39 is 5.82 Å². The maximum atomic E-state index is 13.7. The Morgan fingerprint density at radius 1 is 1.16 bits per heavy atom. The molecule has 11 heteroatoms. The number of aromatic nitrogens is 3. The van der Waals surface area contributed by atoms with Crippen molar-refractivity contribution in [2.45, 2.75) is 18.2 Å². The van der Waals surface area contributed by atoms with Crippen LogP contribution in [0.5, 0.6) is 0 Å². The molecule has 3 aromatic rings. The second kappa shape index (κ2) is 11.1. The average Bonchev–Trinajstić information content (AvgIpc) is 3.16. The van der Waals surface area contributed by atoms with Crippen LogP contribution in [0.15, 0.2) is 60.3 Å². The number of para-hydroxylation sites is 1. The Morgan fingerprint density at radius 2 is 1.94 bits per heavy atom. The highest BCUT2D eigenvalue weighted by Crippen LogP contribution is 2.23. The third-order valence-electron chi connectivity index (χ3n) is 4.17. The van der Waals surface area contributed by atoms with Crippen LogP contribution in [0.3, 0.4) is 0 Å². The third-order valence-corrected chi connectivity index (χ3v) is 5.88. The fourth-order valence-electron chi connectivity index (χ4n) is 2.65. The molecule has 7 nitrogen and oxygen atoms in total. The van der Waals surface area contributed by atoms with Gasteiger partial charge < -0.3 is 15.2 Å². The van der Waals surface area contributed by atoms with Crippen LogP contribution in [0.1, 0.15) is 16.2 Å².